The van der Waals surface area contributed by atoms with Gasteiger partial charge in [-0.15, -0.1) is 0 Å². The molecule has 6 heteroatoms. The summed E-state index contributed by atoms with van der Waals surface area (Å²) in [4.78, 5) is 15.9. The number of hydrogen-bond donors (Lipinski definition) is 1. The molecule has 1 atom stereocenters. The Balaban J connectivity index is 1.24. The second kappa shape index (κ2) is 12.4. The van der Waals surface area contributed by atoms with E-state index in [0.29, 0.717) is 6.61 Å². The van der Waals surface area contributed by atoms with Gasteiger partial charge in [0.05, 0.1) is 6.42 Å². The van der Waals surface area contributed by atoms with E-state index in [2.05, 4.69) is 34.1 Å². The number of allylic oxidation sites excluding steroid dienone is 2. The third kappa shape index (κ3) is 7.18. The minimum absolute atomic E-state index is 0.0703. The van der Waals surface area contributed by atoms with Crippen molar-refractivity contribution in [1.82, 2.24) is 4.90 Å². The number of piperazine rings is 1. The van der Waals surface area contributed by atoms with Gasteiger partial charge in [-0.3, -0.25) is 9.69 Å². The average Bonchev–Trinajstić information content (AvgIpc) is 2.89. The first-order valence-corrected chi connectivity index (χ1v) is 12.4. The van der Waals surface area contributed by atoms with Gasteiger partial charge in [-0.2, -0.15) is 0 Å². The molecular weight excluding hydrogens is 455 g/mol. The largest absolute Gasteiger partial charge is 0.489 e. The van der Waals surface area contributed by atoms with Gasteiger partial charge in [0.1, 0.15) is 18.2 Å². The van der Waals surface area contributed by atoms with Crippen LogP contribution in [-0.4, -0.2) is 42.2 Å². The van der Waals surface area contributed by atoms with E-state index < -0.39 is 5.97 Å². The Hall–Kier alpha value is -3.64. The van der Waals surface area contributed by atoms with Gasteiger partial charge >= 0.3 is 5.97 Å². The highest BCUT2D eigenvalue weighted by molar-refractivity contribution is 5.68. The van der Waals surface area contributed by atoms with Crippen molar-refractivity contribution in [2.24, 2.45) is 0 Å². The Bertz CT molecular complexity index is 1140. The van der Waals surface area contributed by atoms with E-state index in [1.807, 2.05) is 55.5 Å². The Morgan fingerprint density at radius 3 is 2.19 bits per heavy atom. The molecule has 0 spiro atoms. The first-order chi connectivity index (χ1) is 17.5. The molecule has 1 N–H and O–H groups in total. The fraction of sp³-hybridized carbons (Fsp3) is 0.300. The van der Waals surface area contributed by atoms with Crippen LogP contribution in [-0.2, 0) is 17.9 Å². The highest BCUT2D eigenvalue weighted by Gasteiger charge is 2.17. The maximum atomic E-state index is 13.2. The van der Waals surface area contributed by atoms with Crippen LogP contribution in [0.25, 0.3) is 0 Å². The Morgan fingerprint density at radius 2 is 1.58 bits per heavy atom. The zero-order valence-electron chi connectivity index (χ0n) is 20.6. The molecular formula is C30H33FN2O3. The first kappa shape index (κ1) is 25.5. The van der Waals surface area contributed by atoms with Crippen LogP contribution in [0.5, 0.6) is 5.75 Å². The van der Waals surface area contributed by atoms with Crippen LogP contribution >= 0.6 is 0 Å². The molecule has 0 bridgehead atoms. The number of halogens is 1. The summed E-state index contributed by atoms with van der Waals surface area (Å²) in [5, 5.41) is 9.14. The summed E-state index contributed by atoms with van der Waals surface area (Å²) in [7, 11) is 0. The number of anilines is 1. The van der Waals surface area contributed by atoms with Crippen molar-refractivity contribution in [3.05, 3.63) is 107 Å². The maximum Gasteiger partial charge on any atom is 0.304 e. The number of carboxylic acid groups (broad SMARTS) is 1. The van der Waals surface area contributed by atoms with Crippen LogP contribution in [0.3, 0.4) is 0 Å². The highest BCUT2D eigenvalue weighted by Crippen LogP contribution is 2.24. The van der Waals surface area contributed by atoms with Crippen molar-refractivity contribution in [3.8, 4) is 5.75 Å². The van der Waals surface area contributed by atoms with Gasteiger partial charge in [-0.25, -0.2) is 4.39 Å². The van der Waals surface area contributed by atoms with Crippen LogP contribution in [0.1, 0.15) is 36.0 Å². The number of nitrogens with zero attached hydrogens (tertiary/aromatic N) is 2. The second-order valence-electron chi connectivity index (χ2n) is 9.14. The van der Waals surface area contributed by atoms with Crippen molar-refractivity contribution < 1.29 is 19.0 Å². The Morgan fingerprint density at radius 1 is 0.944 bits per heavy atom. The van der Waals surface area contributed by atoms with E-state index in [-0.39, 0.29) is 18.2 Å². The molecule has 0 amide bonds. The number of rotatable bonds is 10. The van der Waals surface area contributed by atoms with E-state index in [4.69, 9.17) is 9.84 Å². The molecule has 1 unspecified atom stereocenters. The number of ether oxygens (including phenoxy) is 1. The van der Waals surface area contributed by atoms with E-state index in [0.717, 1.165) is 55.3 Å². The molecule has 1 aliphatic heterocycles. The van der Waals surface area contributed by atoms with Gasteiger partial charge in [-0.05, 0) is 60.0 Å². The summed E-state index contributed by atoms with van der Waals surface area (Å²) in [6, 6.07) is 22.9. The predicted molar refractivity (Wildman–Crippen MR) is 141 cm³/mol. The monoisotopic (exact) mass is 488 g/mol. The van der Waals surface area contributed by atoms with Gasteiger partial charge in [-0.1, -0.05) is 48.6 Å². The molecule has 1 saturated heterocycles. The molecule has 4 rings (SSSR count). The molecule has 188 valence electrons. The third-order valence-electron chi connectivity index (χ3n) is 6.53. The van der Waals surface area contributed by atoms with Crippen molar-refractivity contribution >= 4 is 11.7 Å². The molecule has 0 saturated carbocycles. The molecule has 0 radical (unpaired) electrons. The number of aliphatic carboxylic acids is 1. The topological polar surface area (TPSA) is 53.0 Å². The minimum atomic E-state index is -0.811. The zero-order chi connectivity index (χ0) is 25.3. The lowest BCUT2D eigenvalue weighted by molar-refractivity contribution is -0.137. The third-order valence-corrected chi connectivity index (χ3v) is 6.53. The number of carboxylic acids is 1. The van der Waals surface area contributed by atoms with Crippen molar-refractivity contribution in [2.75, 3.05) is 31.1 Å². The molecule has 0 aliphatic carbocycles. The minimum Gasteiger partial charge on any atom is -0.489 e. The normalized spacial score (nSPS) is 15.2. The lowest BCUT2D eigenvalue weighted by atomic mass is 9.95. The Labute approximate surface area is 212 Å². The standard InChI is InChI=1S/C30H33FN2O3/c1-2-3-26(20-30(34)35)25-8-14-29(15-9-25)36-22-24-6-4-23(5-7-24)21-32-16-18-33(19-17-32)28-12-10-27(31)11-13-28/h2-15,26H,16-22H2,1H3,(H,34,35). The van der Waals surface area contributed by atoms with Gasteiger partial charge in [0.15, 0.2) is 0 Å². The molecule has 36 heavy (non-hydrogen) atoms. The first-order valence-electron chi connectivity index (χ1n) is 12.4. The smallest absolute Gasteiger partial charge is 0.304 e. The lowest BCUT2D eigenvalue weighted by Gasteiger charge is -2.36. The summed E-state index contributed by atoms with van der Waals surface area (Å²) >= 11 is 0. The Kier molecular flexibility index (Phi) is 8.74. The predicted octanol–water partition coefficient (Wildman–Crippen LogP) is 5.86. The van der Waals surface area contributed by atoms with Crippen molar-refractivity contribution in [1.29, 1.82) is 0 Å². The second-order valence-corrected chi connectivity index (χ2v) is 9.14. The van der Waals surface area contributed by atoms with E-state index in [1.165, 1.54) is 17.7 Å². The number of carbonyl (C=O) groups is 1. The van der Waals surface area contributed by atoms with Crippen LogP contribution in [0.15, 0.2) is 84.9 Å². The maximum absolute atomic E-state index is 13.2. The van der Waals surface area contributed by atoms with Crippen LogP contribution in [0, 0.1) is 5.82 Å². The molecule has 1 fully saturated rings. The summed E-state index contributed by atoms with van der Waals surface area (Å²) in [5.74, 6) is -0.388. The average molecular weight is 489 g/mol. The van der Waals surface area contributed by atoms with Gasteiger partial charge in [0, 0.05) is 44.3 Å². The molecule has 1 heterocycles. The van der Waals surface area contributed by atoms with Gasteiger partial charge in [0.2, 0.25) is 0 Å². The van der Waals surface area contributed by atoms with Gasteiger partial charge in [0.25, 0.3) is 0 Å². The van der Waals surface area contributed by atoms with E-state index in [1.54, 1.807) is 0 Å². The van der Waals surface area contributed by atoms with Crippen LogP contribution in [0.4, 0.5) is 10.1 Å². The van der Waals surface area contributed by atoms with Crippen molar-refractivity contribution in [2.45, 2.75) is 32.4 Å². The summed E-state index contributed by atoms with van der Waals surface area (Å²) in [5.41, 5.74) is 4.41. The van der Waals surface area contributed by atoms with E-state index in [9.17, 15) is 9.18 Å². The SMILES string of the molecule is CC=CC(CC(=O)O)c1ccc(OCc2ccc(CN3CCN(c4ccc(F)cc4)CC3)cc2)cc1. The zero-order valence-corrected chi connectivity index (χ0v) is 20.6. The number of hydrogen-bond acceptors (Lipinski definition) is 4. The van der Waals surface area contributed by atoms with Crippen molar-refractivity contribution in [3.63, 3.8) is 0 Å². The van der Waals surface area contributed by atoms with E-state index >= 15 is 0 Å². The lowest BCUT2D eigenvalue weighted by Crippen LogP contribution is -2.45. The highest BCUT2D eigenvalue weighted by atomic mass is 19.1. The molecule has 1 aliphatic rings. The summed E-state index contributed by atoms with van der Waals surface area (Å²) in [6.45, 7) is 7.09. The van der Waals surface area contributed by atoms with Crippen LogP contribution < -0.4 is 9.64 Å². The molecule has 5 nitrogen and oxygen atoms in total. The summed E-state index contributed by atoms with van der Waals surface area (Å²) < 4.78 is 19.1. The fourth-order valence-corrected chi connectivity index (χ4v) is 4.51. The molecule has 0 aromatic heterocycles. The fourth-order valence-electron chi connectivity index (χ4n) is 4.51. The quantitative estimate of drug-likeness (QED) is 0.362. The molecule has 3 aromatic rings. The number of benzene rings is 3. The van der Waals surface area contributed by atoms with Gasteiger partial charge < -0.3 is 14.7 Å². The van der Waals surface area contributed by atoms with Crippen LogP contribution in [0.2, 0.25) is 0 Å². The summed E-state index contributed by atoms with van der Waals surface area (Å²) in [6.07, 6.45) is 3.87. The molecule has 3 aromatic carbocycles.